The highest BCUT2D eigenvalue weighted by molar-refractivity contribution is 6.06. The molecule has 4 amide bonds. The van der Waals surface area contributed by atoms with Gasteiger partial charge < -0.3 is 15.4 Å². The van der Waals surface area contributed by atoms with Gasteiger partial charge >= 0.3 is 12.0 Å². The number of rotatable bonds is 7. The van der Waals surface area contributed by atoms with Gasteiger partial charge in [0.2, 0.25) is 0 Å². The van der Waals surface area contributed by atoms with Gasteiger partial charge in [-0.3, -0.25) is 19.3 Å². The zero-order valence-electron chi connectivity index (χ0n) is 17.0. The Bertz CT molecular complexity index is 849. The number of carbonyl (C=O) groups excluding carboxylic acids is 4. The van der Waals surface area contributed by atoms with E-state index < -0.39 is 29.6 Å². The fourth-order valence-corrected chi connectivity index (χ4v) is 3.61. The Hall–Kier alpha value is -2.90. The molecular formula is C21H27N3O5. The number of carbonyl (C=O) groups is 4. The van der Waals surface area contributed by atoms with E-state index in [0.29, 0.717) is 5.69 Å². The molecule has 0 aromatic heterocycles. The van der Waals surface area contributed by atoms with E-state index in [9.17, 15) is 19.2 Å². The predicted molar refractivity (Wildman–Crippen MR) is 106 cm³/mol. The second-order valence-electron chi connectivity index (χ2n) is 8.07. The van der Waals surface area contributed by atoms with Crippen molar-refractivity contribution >= 4 is 29.5 Å². The zero-order chi connectivity index (χ0) is 21.2. The van der Waals surface area contributed by atoms with Crippen molar-refractivity contribution in [2.75, 3.05) is 11.9 Å². The molecule has 1 fully saturated rings. The van der Waals surface area contributed by atoms with Crippen molar-refractivity contribution in [1.29, 1.82) is 0 Å². The number of fused-ring (bicyclic) bond motifs is 1. The van der Waals surface area contributed by atoms with E-state index in [-0.39, 0.29) is 25.3 Å². The molecule has 156 valence electrons. The lowest BCUT2D eigenvalue weighted by atomic mass is 10.1. The van der Waals surface area contributed by atoms with Crippen molar-refractivity contribution in [2.24, 2.45) is 0 Å². The Morgan fingerprint density at radius 3 is 2.66 bits per heavy atom. The Morgan fingerprint density at radius 2 is 1.97 bits per heavy atom. The van der Waals surface area contributed by atoms with Gasteiger partial charge in [0, 0.05) is 18.7 Å². The summed E-state index contributed by atoms with van der Waals surface area (Å²) in [5.74, 6) is -1.27. The maximum atomic E-state index is 12.3. The van der Waals surface area contributed by atoms with Crippen LogP contribution in [0.3, 0.4) is 0 Å². The van der Waals surface area contributed by atoms with Crippen molar-refractivity contribution in [2.45, 2.75) is 64.5 Å². The molecule has 1 aliphatic heterocycles. The number of anilines is 1. The minimum atomic E-state index is -0.939. The van der Waals surface area contributed by atoms with Gasteiger partial charge in [0.15, 0.2) is 6.10 Å². The Labute approximate surface area is 170 Å². The van der Waals surface area contributed by atoms with Crippen LogP contribution in [-0.2, 0) is 32.0 Å². The molecule has 1 atom stereocenters. The third-order valence-electron chi connectivity index (χ3n) is 5.25. The van der Waals surface area contributed by atoms with Crippen molar-refractivity contribution in [3.63, 3.8) is 0 Å². The SMILES string of the molecule is C[C@@H](OC(=O)CCCN1C(=O)NC(C)(C)C1=O)C(=O)Nc1ccc2c(c1)CCC2. The fraction of sp³-hybridized carbons (Fsp3) is 0.524. The average Bonchev–Trinajstić information content (AvgIpc) is 3.18. The van der Waals surface area contributed by atoms with Crippen LogP contribution in [0.25, 0.3) is 0 Å². The van der Waals surface area contributed by atoms with Crippen molar-refractivity contribution in [3.05, 3.63) is 29.3 Å². The monoisotopic (exact) mass is 401 g/mol. The summed E-state index contributed by atoms with van der Waals surface area (Å²) in [6, 6.07) is 5.38. The number of nitrogens with zero attached hydrogens (tertiary/aromatic N) is 1. The van der Waals surface area contributed by atoms with E-state index in [4.69, 9.17) is 4.74 Å². The van der Waals surface area contributed by atoms with E-state index in [2.05, 4.69) is 10.6 Å². The van der Waals surface area contributed by atoms with Crippen LogP contribution in [0.15, 0.2) is 18.2 Å². The van der Waals surface area contributed by atoms with Gasteiger partial charge in [0.25, 0.3) is 11.8 Å². The molecule has 1 aromatic carbocycles. The first kappa shape index (κ1) is 20.8. The van der Waals surface area contributed by atoms with Crippen LogP contribution in [0, 0.1) is 0 Å². The number of esters is 1. The smallest absolute Gasteiger partial charge is 0.325 e. The summed E-state index contributed by atoms with van der Waals surface area (Å²) in [6.07, 6.45) is 2.55. The molecule has 1 saturated heterocycles. The van der Waals surface area contributed by atoms with Gasteiger partial charge in [-0.25, -0.2) is 4.79 Å². The van der Waals surface area contributed by atoms with E-state index in [1.54, 1.807) is 13.8 Å². The Kier molecular flexibility index (Phi) is 5.91. The van der Waals surface area contributed by atoms with Crippen LogP contribution in [0.5, 0.6) is 0 Å². The maximum absolute atomic E-state index is 12.3. The molecule has 2 aliphatic rings. The van der Waals surface area contributed by atoms with E-state index in [1.165, 1.54) is 18.1 Å². The fourth-order valence-electron chi connectivity index (χ4n) is 3.61. The average molecular weight is 401 g/mol. The molecule has 3 rings (SSSR count). The molecule has 8 nitrogen and oxygen atoms in total. The first-order valence-electron chi connectivity index (χ1n) is 9.93. The van der Waals surface area contributed by atoms with Crippen molar-refractivity contribution in [3.8, 4) is 0 Å². The van der Waals surface area contributed by atoms with Gasteiger partial charge in [-0.2, -0.15) is 0 Å². The van der Waals surface area contributed by atoms with Crippen LogP contribution in [-0.4, -0.2) is 46.9 Å². The van der Waals surface area contributed by atoms with Gasteiger partial charge in [-0.1, -0.05) is 6.07 Å². The summed E-state index contributed by atoms with van der Waals surface area (Å²) in [6.45, 7) is 4.89. The standard InChI is InChI=1S/C21H27N3O5/c1-13(18(26)22-16-10-9-14-6-4-7-15(14)12-16)29-17(25)8-5-11-24-19(27)21(2,3)23-20(24)28/h9-10,12-13H,4-8,11H2,1-3H3,(H,22,26)(H,23,28)/t13-/m1/s1. The number of ether oxygens (including phenoxy) is 1. The summed E-state index contributed by atoms with van der Waals surface area (Å²) < 4.78 is 5.18. The highest BCUT2D eigenvalue weighted by Crippen LogP contribution is 2.25. The lowest BCUT2D eigenvalue weighted by Gasteiger charge is -2.16. The summed E-state index contributed by atoms with van der Waals surface area (Å²) in [7, 11) is 0. The second kappa shape index (κ2) is 8.23. The van der Waals surface area contributed by atoms with E-state index in [1.807, 2.05) is 18.2 Å². The van der Waals surface area contributed by atoms with Gasteiger partial charge in [-0.05, 0) is 69.7 Å². The first-order valence-corrected chi connectivity index (χ1v) is 9.93. The van der Waals surface area contributed by atoms with Crippen LogP contribution >= 0.6 is 0 Å². The number of hydrogen-bond donors (Lipinski definition) is 2. The molecule has 8 heteroatoms. The number of hydrogen-bond acceptors (Lipinski definition) is 5. The summed E-state index contributed by atoms with van der Waals surface area (Å²) in [4.78, 5) is 49.3. The zero-order valence-corrected chi connectivity index (χ0v) is 17.0. The number of imide groups is 1. The molecule has 29 heavy (non-hydrogen) atoms. The lowest BCUT2D eigenvalue weighted by molar-refractivity contribution is -0.153. The number of benzene rings is 1. The van der Waals surface area contributed by atoms with Gasteiger partial charge in [0.05, 0.1) is 0 Å². The van der Waals surface area contributed by atoms with Crippen LogP contribution in [0.2, 0.25) is 0 Å². The predicted octanol–water partition coefficient (Wildman–Crippen LogP) is 2.16. The molecule has 1 aromatic rings. The van der Waals surface area contributed by atoms with Gasteiger partial charge in [-0.15, -0.1) is 0 Å². The second-order valence-corrected chi connectivity index (χ2v) is 8.07. The molecule has 0 bridgehead atoms. The quantitative estimate of drug-likeness (QED) is 0.538. The topological polar surface area (TPSA) is 105 Å². The molecule has 1 heterocycles. The minimum Gasteiger partial charge on any atom is -0.453 e. The molecule has 0 spiro atoms. The number of nitrogens with one attached hydrogen (secondary N) is 2. The Morgan fingerprint density at radius 1 is 1.24 bits per heavy atom. The third-order valence-corrected chi connectivity index (χ3v) is 5.25. The third kappa shape index (κ3) is 4.75. The highest BCUT2D eigenvalue weighted by Gasteiger charge is 2.43. The molecule has 1 aliphatic carbocycles. The molecule has 0 saturated carbocycles. The largest absolute Gasteiger partial charge is 0.453 e. The molecule has 2 N–H and O–H groups in total. The maximum Gasteiger partial charge on any atom is 0.325 e. The molecular weight excluding hydrogens is 374 g/mol. The van der Waals surface area contributed by atoms with Crippen LogP contribution < -0.4 is 10.6 Å². The van der Waals surface area contributed by atoms with Crippen molar-refractivity contribution < 1.29 is 23.9 Å². The number of urea groups is 1. The summed E-state index contributed by atoms with van der Waals surface area (Å²) >= 11 is 0. The summed E-state index contributed by atoms with van der Waals surface area (Å²) in [5, 5.41) is 5.36. The lowest BCUT2D eigenvalue weighted by Crippen LogP contribution is -2.40. The van der Waals surface area contributed by atoms with Crippen LogP contribution in [0.1, 0.15) is 51.2 Å². The molecule has 0 unspecified atom stereocenters. The van der Waals surface area contributed by atoms with Gasteiger partial charge in [0.1, 0.15) is 5.54 Å². The highest BCUT2D eigenvalue weighted by atomic mass is 16.5. The Balaban J connectivity index is 1.42. The normalized spacial score (nSPS) is 18.2. The molecule has 0 radical (unpaired) electrons. The van der Waals surface area contributed by atoms with Crippen LogP contribution in [0.4, 0.5) is 10.5 Å². The summed E-state index contributed by atoms with van der Waals surface area (Å²) in [5.41, 5.74) is 2.33. The number of aryl methyl sites for hydroxylation is 2. The number of amides is 4. The van der Waals surface area contributed by atoms with E-state index >= 15 is 0 Å². The van der Waals surface area contributed by atoms with Crippen molar-refractivity contribution in [1.82, 2.24) is 10.2 Å². The first-order chi connectivity index (χ1) is 13.7. The minimum absolute atomic E-state index is 0.00789. The van der Waals surface area contributed by atoms with E-state index in [0.717, 1.165) is 24.2 Å².